The Morgan fingerprint density at radius 1 is 0.587 bits per heavy atom. The molecule has 0 amide bonds. The summed E-state index contributed by atoms with van der Waals surface area (Å²) < 4.78 is 34.9. The van der Waals surface area contributed by atoms with Crippen LogP contribution in [0.15, 0.2) is 164 Å². The first-order valence-electron chi connectivity index (χ1n) is 23.3. The Kier molecular flexibility index (Phi) is 11.1. The summed E-state index contributed by atoms with van der Waals surface area (Å²) >= 11 is 0. The summed E-state index contributed by atoms with van der Waals surface area (Å²) in [4.78, 5) is 10.4. The van der Waals surface area contributed by atoms with Crippen molar-refractivity contribution in [2.75, 3.05) is 0 Å². The number of phenols is 1. The molecule has 0 saturated heterocycles. The Balaban J connectivity index is 0.00000608. The van der Waals surface area contributed by atoms with Crippen LogP contribution in [-0.4, -0.2) is 19.6 Å². The second-order valence-corrected chi connectivity index (χ2v) is 17.0. The molecule has 4 nitrogen and oxygen atoms in total. The predicted molar refractivity (Wildman–Crippen MR) is 259 cm³/mol. The maximum atomic E-state index is 12.3. The third-order valence-corrected chi connectivity index (χ3v) is 11.8. The van der Waals surface area contributed by atoms with Crippen LogP contribution >= 0.6 is 0 Å². The zero-order valence-electron chi connectivity index (χ0n) is 40.3. The zero-order valence-corrected chi connectivity index (χ0v) is 38.6. The van der Waals surface area contributed by atoms with Gasteiger partial charge in [0.1, 0.15) is 11.6 Å². The number of pyridine rings is 1. The van der Waals surface area contributed by atoms with Crippen LogP contribution in [0.25, 0.3) is 83.9 Å². The van der Waals surface area contributed by atoms with E-state index in [0.29, 0.717) is 22.6 Å². The molecule has 9 aromatic rings. The first kappa shape index (κ1) is 38.3. The predicted octanol–water partition coefficient (Wildman–Crippen LogP) is 15.6. The van der Waals surface area contributed by atoms with Crippen LogP contribution in [0.4, 0.5) is 0 Å². The third kappa shape index (κ3) is 8.70. The van der Waals surface area contributed by atoms with Gasteiger partial charge in [-0.3, -0.25) is 9.55 Å². The molecular formula is C58H52N3OPt-. The van der Waals surface area contributed by atoms with Gasteiger partial charge in [-0.2, -0.15) is 0 Å². The van der Waals surface area contributed by atoms with E-state index in [0.717, 1.165) is 83.5 Å². The normalized spacial score (nSPS) is 12.8. The van der Waals surface area contributed by atoms with E-state index in [4.69, 9.17) is 14.1 Å². The SMILES string of the molecule is [2H]C([2H])([2H])c1ccc(-c2ccnc(-c3[c-]c(-c4cccc5c4nc(-c4cc(C(C)C)cc(C(C)C)c4O)n5-c4cc(-c5ccccc5)cc(C([2H])(C)C)c4)cc(-c4ccccc4)c3)c2)cc1.[Pt]. The van der Waals surface area contributed by atoms with Gasteiger partial charge < -0.3 is 5.11 Å². The summed E-state index contributed by atoms with van der Waals surface area (Å²) in [5, 5.41) is 12.3. The number of hydrogen-bond acceptors (Lipinski definition) is 3. The van der Waals surface area contributed by atoms with E-state index in [-0.39, 0.29) is 38.7 Å². The number of phenolic OH excluding ortho intramolecular Hbond substituents is 1. The monoisotopic (exact) mass is 1010 g/mol. The van der Waals surface area contributed by atoms with E-state index < -0.39 is 12.7 Å². The van der Waals surface area contributed by atoms with Crippen molar-refractivity contribution < 1.29 is 31.7 Å². The van der Waals surface area contributed by atoms with Crippen molar-refractivity contribution in [1.82, 2.24) is 14.5 Å². The minimum Gasteiger partial charge on any atom is -0.507 e. The maximum absolute atomic E-state index is 12.3. The number of hydrogen-bond donors (Lipinski definition) is 1. The first-order valence-corrected chi connectivity index (χ1v) is 21.3. The molecule has 2 aromatic heterocycles. The summed E-state index contributed by atoms with van der Waals surface area (Å²) in [5.74, 6) is 0.133. The van der Waals surface area contributed by atoms with Crippen molar-refractivity contribution in [3.63, 3.8) is 0 Å². The number of para-hydroxylation sites is 1. The fourth-order valence-corrected chi connectivity index (χ4v) is 8.28. The van der Waals surface area contributed by atoms with Crippen molar-refractivity contribution in [2.45, 2.75) is 66.1 Å². The average Bonchev–Trinajstić information content (AvgIpc) is 3.71. The molecule has 0 aliphatic heterocycles. The molecule has 63 heavy (non-hydrogen) atoms. The molecule has 1 N–H and O–H groups in total. The molecule has 0 saturated carbocycles. The van der Waals surface area contributed by atoms with E-state index in [9.17, 15) is 6.48 Å². The fourth-order valence-electron chi connectivity index (χ4n) is 8.28. The maximum Gasteiger partial charge on any atom is 0.148 e. The Morgan fingerprint density at radius 3 is 1.90 bits per heavy atom. The molecule has 0 atom stereocenters. The van der Waals surface area contributed by atoms with Crippen molar-refractivity contribution in [2.24, 2.45) is 0 Å². The molecule has 9 rings (SSSR count). The second-order valence-electron chi connectivity index (χ2n) is 17.0. The summed E-state index contributed by atoms with van der Waals surface area (Å²) in [5.41, 5.74) is 15.1. The number of imidazole rings is 1. The Hall–Kier alpha value is -6.35. The number of benzene rings is 7. The molecule has 0 aliphatic carbocycles. The van der Waals surface area contributed by atoms with Gasteiger partial charge in [0.25, 0.3) is 0 Å². The van der Waals surface area contributed by atoms with E-state index in [1.54, 1.807) is 18.3 Å². The van der Waals surface area contributed by atoms with Gasteiger partial charge in [0, 0.05) is 44.1 Å². The molecule has 5 heteroatoms. The summed E-state index contributed by atoms with van der Waals surface area (Å²) in [7, 11) is 0. The topological polar surface area (TPSA) is 50.9 Å². The molecular weight excluding hydrogens is 950 g/mol. The molecule has 316 valence electrons. The van der Waals surface area contributed by atoms with Crippen molar-refractivity contribution in [3.05, 3.63) is 192 Å². The molecule has 0 radical (unpaired) electrons. The van der Waals surface area contributed by atoms with Gasteiger partial charge >= 0.3 is 0 Å². The van der Waals surface area contributed by atoms with Crippen molar-refractivity contribution in [3.8, 4) is 78.6 Å². The van der Waals surface area contributed by atoms with Gasteiger partial charge in [0.15, 0.2) is 0 Å². The molecule has 0 bridgehead atoms. The zero-order chi connectivity index (χ0) is 46.5. The molecule has 0 fully saturated rings. The van der Waals surface area contributed by atoms with E-state index in [1.807, 2.05) is 80.6 Å². The molecule has 0 aliphatic rings. The number of aromatic hydroxyl groups is 1. The number of nitrogens with zero attached hydrogens (tertiary/aromatic N) is 3. The standard InChI is InChI=1S/C58H52N3O.Pt/c1-36(2)44-27-47(41-17-12-9-13-18-41)32-50(31-44)61-55-20-14-19-51(56(55)60-58(61)53-34-45(37(3)4)33-52(38(5)6)57(53)62)48-28-46(40-15-10-8-11-16-40)29-49(30-48)54-35-43(25-26-59-54)42-23-21-39(7)22-24-42;/h8-29,31-38,62H,1-7H3;/q-1;/i7D3,36D;. The number of aryl methyl sites for hydroxylation is 1. The van der Waals surface area contributed by atoms with Crippen molar-refractivity contribution >= 4 is 11.0 Å². The number of rotatable bonds is 10. The van der Waals surface area contributed by atoms with Gasteiger partial charge in [-0.1, -0.05) is 179 Å². The summed E-state index contributed by atoms with van der Waals surface area (Å²) in [6.45, 7) is 10.2. The number of fused-ring (bicyclic) bond motifs is 1. The summed E-state index contributed by atoms with van der Waals surface area (Å²) in [6, 6.07) is 56.2. The van der Waals surface area contributed by atoms with Crippen LogP contribution in [0.2, 0.25) is 0 Å². The van der Waals surface area contributed by atoms with E-state index in [2.05, 4.69) is 117 Å². The second kappa shape index (κ2) is 18.2. The van der Waals surface area contributed by atoms with Gasteiger partial charge in [-0.25, -0.2) is 4.98 Å². The van der Waals surface area contributed by atoms with E-state index in [1.165, 1.54) is 0 Å². The van der Waals surface area contributed by atoms with Crippen molar-refractivity contribution in [1.29, 1.82) is 0 Å². The van der Waals surface area contributed by atoms with Crippen LogP contribution in [0.3, 0.4) is 0 Å². The third-order valence-electron chi connectivity index (χ3n) is 11.8. The Bertz CT molecular complexity index is 3230. The number of aromatic nitrogens is 3. The van der Waals surface area contributed by atoms with Crippen LogP contribution in [0, 0.1) is 12.9 Å². The smallest absolute Gasteiger partial charge is 0.148 e. The van der Waals surface area contributed by atoms with Gasteiger partial charge in [0.2, 0.25) is 0 Å². The quantitative estimate of drug-likeness (QED) is 0.139. The largest absolute Gasteiger partial charge is 0.507 e. The van der Waals surface area contributed by atoms with Crippen LogP contribution in [-0.2, 0) is 21.1 Å². The van der Waals surface area contributed by atoms with Crippen LogP contribution in [0.5, 0.6) is 5.75 Å². The van der Waals surface area contributed by atoms with Crippen LogP contribution in [0.1, 0.15) is 87.0 Å². The molecule has 0 unspecified atom stereocenters. The molecule has 7 aromatic carbocycles. The Labute approximate surface area is 392 Å². The molecule has 0 spiro atoms. The van der Waals surface area contributed by atoms with Gasteiger partial charge in [0.05, 0.1) is 16.6 Å². The minimum absolute atomic E-state index is 0. The van der Waals surface area contributed by atoms with Crippen LogP contribution < -0.4 is 0 Å². The van der Waals surface area contributed by atoms with E-state index >= 15 is 0 Å². The average molecular weight is 1010 g/mol. The summed E-state index contributed by atoms with van der Waals surface area (Å²) in [6.07, 6.45) is 1.78. The van der Waals surface area contributed by atoms with Gasteiger partial charge in [-0.15, -0.1) is 23.8 Å². The fraction of sp³-hybridized carbons (Fsp3) is 0.172. The first-order chi connectivity index (χ1) is 31.5. The Morgan fingerprint density at radius 2 is 1.25 bits per heavy atom. The molecule has 2 heterocycles. The minimum atomic E-state index is -2.19. The van der Waals surface area contributed by atoms with Gasteiger partial charge in [-0.05, 0) is 99.4 Å².